The van der Waals surface area contributed by atoms with Crippen molar-refractivity contribution in [3.05, 3.63) is 105 Å². The van der Waals surface area contributed by atoms with E-state index in [4.69, 9.17) is 4.74 Å². The Bertz CT molecular complexity index is 1120. The van der Waals surface area contributed by atoms with Gasteiger partial charge in [-0.05, 0) is 52.9 Å². The summed E-state index contributed by atoms with van der Waals surface area (Å²) in [6.07, 6.45) is 1.52. The standard InChI is InChI=1S/C25H25N3O4/c1-25(2,3)21-12-10-19(11-13-21)24(29)27-26-16-20-6-4-5-7-23(20)32-17-18-8-14-22(15-9-18)28(30)31/h4-16H,17H2,1-3H3,(H,27,29)/b26-16-. The van der Waals surface area contributed by atoms with Crippen molar-refractivity contribution in [3.8, 4) is 5.75 Å². The Labute approximate surface area is 186 Å². The molecule has 0 spiro atoms. The molecule has 0 bridgehead atoms. The van der Waals surface area contributed by atoms with Crippen LogP contribution in [0.1, 0.15) is 47.8 Å². The van der Waals surface area contributed by atoms with Gasteiger partial charge in [-0.25, -0.2) is 5.43 Å². The normalized spacial score (nSPS) is 11.3. The van der Waals surface area contributed by atoms with E-state index in [-0.39, 0.29) is 23.6 Å². The number of nitro groups is 1. The molecule has 0 heterocycles. The van der Waals surface area contributed by atoms with Gasteiger partial charge >= 0.3 is 0 Å². The highest BCUT2D eigenvalue weighted by Crippen LogP contribution is 2.22. The van der Waals surface area contributed by atoms with E-state index >= 15 is 0 Å². The van der Waals surface area contributed by atoms with E-state index in [1.54, 1.807) is 30.3 Å². The largest absolute Gasteiger partial charge is 0.488 e. The number of carbonyl (C=O) groups is 1. The molecule has 0 saturated heterocycles. The van der Waals surface area contributed by atoms with E-state index in [0.717, 1.165) is 11.1 Å². The molecule has 3 rings (SSSR count). The van der Waals surface area contributed by atoms with E-state index in [1.807, 2.05) is 30.3 Å². The number of para-hydroxylation sites is 1. The predicted molar refractivity (Wildman–Crippen MR) is 124 cm³/mol. The van der Waals surface area contributed by atoms with Crippen LogP contribution < -0.4 is 10.2 Å². The second-order valence-corrected chi connectivity index (χ2v) is 8.28. The summed E-state index contributed by atoms with van der Waals surface area (Å²) in [6, 6.07) is 20.9. The highest BCUT2D eigenvalue weighted by Gasteiger charge is 2.14. The molecule has 0 radical (unpaired) electrons. The van der Waals surface area contributed by atoms with E-state index in [2.05, 4.69) is 31.3 Å². The number of hydrazone groups is 1. The lowest BCUT2D eigenvalue weighted by Crippen LogP contribution is -2.18. The lowest BCUT2D eigenvalue weighted by atomic mass is 9.87. The average Bonchev–Trinajstić information content (AvgIpc) is 2.78. The van der Waals surface area contributed by atoms with Crippen LogP contribution in [0.25, 0.3) is 0 Å². The Morgan fingerprint density at radius 3 is 2.31 bits per heavy atom. The zero-order valence-corrected chi connectivity index (χ0v) is 18.2. The predicted octanol–water partition coefficient (Wildman–Crippen LogP) is 5.24. The topological polar surface area (TPSA) is 93.8 Å². The number of ether oxygens (including phenoxy) is 1. The van der Waals surface area contributed by atoms with Crippen molar-refractivity contribution in [1.82, 2.24) is 5.43 Å². The molecule has 0 saturated carbocycles. The number of nitro benzene ring substituents is 1. The summed E-state index contributed by atoms with van der Waals surface area (Å²) in [5.74, 6) is 0.282. The number of benzene rings is 3. The first-order valence-electron chi connectivity index (χ1n) is 10.1. The Morgan fingerprint density at radius 1 is 1.03 bits per heavy atom. The summed E-state index contributed by atoms with van der Waals surface area (Å²) in [5.41, 5.74) is 5.75. The van der Waals surface area contributed by atoms with Gasteiger partial charge in [0.05, 0.1) is 11.1 Å². The van der Waals surface area contributed by atoms with Crippen molar-refractivity contribution >= 4 is 17.8 Å². The minimum Gasteiger partial charge on any atom is -0.488 e. The molecule has 0 atom stereocenters. The number of rotatable bonds is 7. The van der Waals surface area contributed by atoms with Crippen LogP contribution in [0.3, 0.4) is 0 Å². The molecule has 32 heavy (non-hydrogen) atoms. The molecular weight excluding hydrogens is 406 g/mol. The van der Waals surface area contributed by atoms with E-state index in [0.29, 0.717) is 16.9 Å². The number of nitrogens with zero attached hydrogens (tertiary/aromatic N) is 2. The maximum Gasteiger partial charge on any atom is 0.271 e. The van der Waals surface area contributed by atoms with E-state index in [9.17, 15) is 14.9 Å². The number of nitrogens with one attached hydrogen (secondary N) is 1. The minimum atomic E-state index is -0.441. The maximum atomic E-state index is 12.4. The maximum absolute atomic E-state index is 12.4. The summed E-state index contributed by atoms with van der Waals surface area (Å²) in [7, 11) is 0. The van der Waals surface area contributed by atoms with Gasteiger partial charge in [0.2, 0.25) is 0 Å². The highest BCUT2D eigenvalue weighted by atomic mass is 16.6. The van der Waals surface area contributed by atoms with Gasteiger partial charge in [-0.2, -0.15) is 5.10 Å². The number of hydrogen-bond acceptors (Lipinski definition) is 5. The first-order chi connectivity index (χ1) is 15.2. The third-order valence-corrected chi connectivity index (χ3v) is 4.84. The summed E-state index contributed by atoms with van der Waals surface area (Å²) >= 11 is 0. The van der Waals surface area contributed by atoms with Gasteiger partial charge in [0.1, 0.15) is 12.4 Å². The first-order valence-corrected chi connectivity index (χ1v) is 10.1. The van der Waals surface area contributed by atoms with Crippen LogP contribution in [0.15, 0.2) is 77.9 Å². The molecular formula is C25H25N3O4. The van der Waals surface area contributed by atoms with Gasteiger partial charge in [0.15, 0.2) is 0 Å². The molecule has 164 valence electrons. The second kappa shape index (κ2) is 9.87. The molecule has 0 aliphatic carbocycles. The molecule has 0 aliphatic rings. The molecule has 0 unspecified atom stereocenters. The Balaban J connectivity index is 1.61. The Hall–Kier alpha value is -4.00. The molecule has 3 aromatic carbocycles. The summed E-state index contributed by atoms with van der Waals surface area (Å²) < 4.78 is 5.84. The molecule has 0 fully saturated rings. The van der Waals surface area contributed by atoms with Crippen molar-refractivity contribution in [3.63, 3.8) is 0 Å². The summed E-state index contributed by atoms with van der Waals surface area (Å²) in [4.78, 5) is 22.7. The molecule has 7 heteroatoms. The molecule has 1 N–H and O–H groups in total. The van der Waals surface area contributed by atoms with Crippen LogP contribution in [-0.4, -0.2) is 17.0 Å². The van der Waals surface area contributed by atoms with Gasteiger partial charge < -0.3 is 4.74 Å². The summed E-state index contributed by atoms with van der Waals surface area (Å²) in [6.45, 7) is 6.60. The monoisotopic (exact) mass is 431 g/mol. The number of hydrogen-bond donors (Lipinski definition) is 1. The number of carbonyl (C=O) groups excluding carboxylic acids is 1. The van der Waals surface area contributed by atoms with Crippen LogP contribution in [0.5, 0.6) is 5.75 Å². The van der Waals surface area contributed by atoms with Crippen molar-refractivity contribution in [2.24, 2.45) is 5.10 Å². The molecule has 7 nitrogen and oxygen atoms in total. The summed E-state index contributed by atoms with van der Waals surface area (Å²) in [5, 5.41) is 14.8. The zero-order valence-electron chi connectivity index (χ0n) is 18.2. The van der Waals surface area contributed by atoms with Crippen molar-refractivity contribution in [1.29, 1.82) is 0 Å². The molecule has 0 aliphatic heterocycles. The number of amides is 1. The average molecular weight is 431 g/mol. The van der Waals surface area contributed by atoms with Gasteiger partial charge in [-0.3, -0.25) is 14.9 Å². The highest BCUT2D eigenvalue weighted by molar-refractivity contribution is 5.95. The lowest BCUT2D eigenvalue weighted by molar-refractivity contribution is -0.384. The van der Waals surface area contributed by atoms with Crippen LogP contribution >= 0.6 is 0 Å². The SMILES string of the molecule is CC(C)(C)c1ccc(C(=O)N/N=C\c2ccccc2OCc2ccc([N+](=O)[O-])cc2)cc1. The fraction of sp³-hybridized carbons (Fsp3) is 0.200. The fourth-order valence-electron chi connectivity index (χ4n) is 2.94. The quantitative estimate of drug-likeness (QED) is 0.315. The van der Waals surface area contributed by atoms with Gasteiger partial charge in [-0.1, -0.05) is 45.0 Å². The number of non-ortho nitro benzene ring substituents is 1. The molecule has 1 amide bonds. The van der Waals surface area contributed by atoms with Crippen molar-refractivity contribution < 1.29 is 14.5 Å². The van der Waals surface area contributed by atoms with Crippen LogP contribution in [-0.2, 0) is 12.0 Å². The lowest BCUT2D eigenvalue weighted by Gasteiger charge is -2.18. The fourth-order valence-corrected chi connectivity index (χ4v) is 2.94. The minimum absolute atomic E-state index is 0.0192. The van der Waals surface area contributed by atoms with E-state index in [1.165, 1.54) is 18.3 Å². The van der Waals surface area contributed by atoms with Gasteiger partial charge in [0, 0.05) is 23.3 Å². The molecule has 3 aromatic rings. The van der Waals surface area contributed by atoms with Gasteiger partial charge in [-0.15, -0.1) is 0 Å². The Kier molecular flexibility index (Phi) is 7.00. The smallest absolute Gasteiger partial charge is 0.271 e. The van der Waals surface area contributed by atoms with Crippen molar-refractivity contribution in [2.75, 3.05) is 0 Å². The van der Waals surface area contributed by atoms with Gasteiger partial charge in [0.25, 0.3) is 11.6 Å². The third kappa shape index (κ3) is 6.01. The second-order valence-electron chi connectivity index (χ2n) is 8.28. The third-order valence-electron chi connectivity index (χ3n) is 4.84. The van der Waals surface area contributed by atoms with Crippen molar-refractivity contribution in [2.45, 2.75) is 32.8 Å². The van der Waals surface area contributed by atoms with Crippen LogP contribution in [0, 0.1) is 10.1 Å². The Morgan fingerprint density at radius 2 is 1.69 bits per heavy atom. The van der Waals surface area contributed by atoms with Crippen LogP contribution in [0.2, 0.25) is 0 Å². The van der Waals surface area contributed by atoms with Crippen LogP contribution in [0.4, 0.5) is 5.69 Å². The molecule has 0 aromatic heterocycles. The van der Waals surface area contributed by atoms with E-state index < -0.39 is 4.92 Å². The first kappa shape index (κ1) is 22.7. The zero-order chi connectivity index (χ0) is 23.1.